The van der Waals surface area contributed by atoms with E-state index < -0.39 is 0 Å². The minimum atomic E-state index is 0.0991. The van der Waals surface area contributed by atoms with Gasteiger partial charge in [-0.3, -0.25) is 4.79 Å². The summed E-state index contributed by atoms with van der Waals surface area (Å²) in [7, 11) is 0. The maximum Gasteiger partial charge on any atom is 0.234 e. The molecule has 1 heterocycles. The van der Waals surface area contributed by atoms with Crippen LogP contribution in [-0.2, 0) is 4.79 Å². The Labute approximate surface area is 76.8 Å². The van der Waals surface area contributed by atoms with Gasteiger partial charge in [-0.1, -0.05) is 0 Å². The predicted octanol–water partition coefficient (Wildman–Crippen LogP) is 0.234. The molecule has 3 unspecified atom stereocenters. The Morgan fingerprint density at radius 2 is 2.25 bits per heavy atom. The molecule has 2 fully saturated rings. The second-order valence-electron chi connectivity index (χ2n) is 3.53. The van der Waals surface area contributed by atoms with E-state index in [1.165, 1.54) is 0 Å². The topological polar surface area (TPSA) is 41.1 Å². The summed E-state index contributed by atoms with van der Waals surface area (Å²) in [4.78, 5) is 11.0. The van der Waals surface area contributed by atoms with Crippen LogP contribution in [0.5, 0.6) is 0 Å². The lowest BCUT2D eigenvalue weighted by atomic mass is 9.88. The van der Waals surface area contributed by atoms with Crippen LogP contribution < -0.4 is 10.6 Å². The van der Waals surface area contributed by atoms with Crippen molar-refractivity contribution in [3.63, 3.8) is 0 Å². The zero-order chi connectivity index (χ0) is 8.55. The Balaban J connectivity index is 2.04. The number of amides is 1. The third-order valence-electron chi connectivity index (χ3n) is 2.66. The molecule has 3 nitrogen and oxygen atoms in total. The molecular weight excluding hydrogens is 176 g/mol. The molecule has 1 aliphatic heterocycles. The van der Waals surface area contributed by atoms with Gasteiger partial charge in [0.15, 0.2) is 0 Å². The van der Waals surface area contributed by atoms with Crippen LogP contribution in [0.3, 0.4) is 0 Å². The van der Waals surface area contributed by atoms with E-state index in [1.807, 2.05) is 0 Å². The molecule has 2 N–H and O–H groups in total. The van der Waals surface area contributed by atoms with Gasteiger partial charge >= 0.3 is 0 Å². The number of rotatable bonds is 0. The maximum absolute atomic E-state index is 11.0. The Morgan fingerprint density at radius 1 is 1.42 bits per heavy atom. The maximum atomic E-state index is 11.0. The van der Waals surface area contributed by atoms with Crippen LogP contribution in [0.15, 0.2) is 0 Å². The van der Waals surface area contributed by atoms with E-state index >= 15 is 0 Å². The Bertz CT molecular complexity index is 197. The van der Waals surface area contributed by atoms with E-state index in [9.17, 15) is 4.79 Å². The average molecular weight is 189 g/mol. The second kappa shape index (κ2) is 3.23. The molecular formula is C8H13ClN2O. The van der Waals surface area contributed by atoms with E-state index in [1.54, 1.807) is 0 Å². The molecule has 1 amide bonds. The van der Waals surface area contributed by atoms with Gasteiger partial charge in [-0.25, -0.2) is 0 Å². The van der Waals surface area contributed by atoms with Crippen molar-refractivity contribution in [3.05, 3.63) is 0 Å². The molecule has 0 spiro atoms. The highest BCUT2D eigenvalue weighted by molar-refractivity contribution is 6.21. The van der Waals surface area contributed by atoms with Crippen LogP contribution in [0, 0.1) is 0 Å². The molecule has 2 aliphatic rings. The van der Waals surface area contributed by atoms with Gasteiger partial charge in [0.05, 0.1) is 11.9 Å². The lowest BCUT2D eigenvalue weighted by molar-refractivity contribution is -0.123. The zero-order valence-corrected chi connectivity index (χ0v) is 7.60. The highest BCUT2D eigenvalue weighted by Gasteiger charge is 2.35. The molecule has 68 valence electrons. The summed E-state index contributed by atoms with van der Waals surface area (Å²) in [6.45, 7) is 0.421. The van der Waals surface area contributed by atoms with Crippen molar-refractivity contribution in [1.82, 2.24) is 10.6 Å². The number of carbonyl (C=O) groups is 1. The number of hydrogen-bond donors (Lipinski definition) is 2. The molecule has 0 radical (unpaired) electrons. The molecule has 0 aromatic rings. The zero-order valence-electron chi connectivity index (χ0n) is 6.85. The quantitative estimate of drug-likeness (QED) is 0.535. The van der Waals surface area contributed by atoms with Crippen molar-refractivity contribution in [2.45, 2.75) is 36.7 Å². The first-order chi connectivity index (χ1) is 5.77. The van der Waals surface area contributed by atoms with E-state index in [4.69, 9.17) is 11.6 Å². The van der Waals surface area contributed by atoms with E-state index in [2.05, 4.69) is 10.6 Å². The van der Waals surface area contributed by atoms with Crippen LogP contribution >= 0.6 is 11.6 Å². The van der Waals surface area contributed by atoms with Gasteiger partial charge in [-0.15, -0.1) is 11.6 Å². The molecule has 3 atom stereocenters. The van der Waals surface area contributed by atoms with Crippen molar-refractivity contribution >= 4 is 17.5 Å². The van der Waals surface area contributed by atoms with Crippen LogP contribution in [-0.4, -0.2) is 29.9 Å². The van der Waals surface area contributed by atoms with Crippen molar-refractivity contribution in [2.75, 3.05) is 6.54 Å². The van der Waals surface area contributed by atoms with Crippen molar-refractivity contribution in [3.8, 4) is 0 Å². The highest BCUT2D eigenvalue weighted by atomic mass is 35.5. The lowest BCUT2D eigenvalue weighted by Crippen LogP contribution is -2.63. The number of carbonyl (C=O) groups excluding carboxylic acids is 1. The van der Waals surface area contributed by atoms with E-state index in [0.29, 0.717) is 6.54 Å². The summed E-state index contributed by atoms with van der Waals surface area (Å²) < 4.78 is 0. The number of fused-ring (bicyclic) bond motifs is 1. The molecule has 0 bridgehead atoms. The summed E-state index contributed by atoms with van der Waals surface area (Å²) in [5, 5.41) is 6.32. The molecule has 1 saturated heterocycles. The fourth-order valence-electron chi connectivity index (χ4n) is 2.04. The molecule has 1 saturated carbocycles. The van der Waals surface area contributed by atoms with Crippen molar-refractivity contribution < 1.29 is 4.79 Å². The largest absolute Gasteiger partial charge is 0.351 e. The first-order valence-corrected chi connectivity index (χ1v) is 4.88. The molecule has 4 heteroatoms. The fourth-order valence-corrected chi connectivity index (χ4v) is 2.46. The molecule has 12 heavy (non-hydrogen) atoms. The summed E-state index contributed by atoms with van der Waals surface area (Å²) >= 11 is 6.12. The van der Waals surface area contributed by atoms with Crippen LogP contribution in [0.25, 0.3) is 0 Å². The molecule has 0 aromatic carbocycles. The van der Waals surface area contributed by atoms with Gasteiger partial charge in [0.25, 0.3) is 0 Å². The number of alkyl halides is 1. The summed E-state index contributed by atoms with van der Waals surface area (Å²) in [5.41, 5.74) is 0. The average Bonchev–Trinajstić information content (AvgIpc) is 2.04. The van der Waals surface area contributed by atoms with E-state index in [-0.39, 0.29) is 23.4 Å². The van der Waals surface area contributed by atoms with Crippen LogP contribution in [0.2, 0.25) is 0 Å². The standard InChI is InChI=1S/C8H13ClN2O/c9-5-2-1-3-6-8(5)10-4-7(12)11-6/h5-6,8,10H,1-4H2,(H,11,12). The SMILES string of the molecule is O=C1CNC2C(Cl)CCCC2N1. The second-order valence-corrected chi connectivity index (χ2v) is 4.09. The van der Waals surface area contributed by atoms with Gasteiger partial charge in [0.2, 0.25) is 5.91 Å². The van der Waals surface area contributed by atoms with Gasteiger partial charge in [0, 0.05) is 12.1 Å². The van der Waals surface area contributed by atoms with E-state index in [0.717, 1.165) is 19.3 Å². The normalized spacial score (nSPS) is 41.8. The lowest BCUT2D eigenvalue weighted by Gasteiger charge is -2.39. The third kappa shape index (κ3) is 1.43. The van der Waals surface area contributed by atoms with Gasteiger partial charge < -0.3 is 10.6 Å². The minimum absolute atomic E-state index is 0.0991. The first-order valence-electron chi connectivity index (χ1n) is 4.44. The molecule has 0 aromatic heterocycles. The Morgan fingerprint density at radius 3 is 3.08 bits per heavy atom. The number of nitrogens with one attached hydrogen (secondary N) is 2. The predicted molar refractivity (Wildman–Crippen MR) is 47.2 cm³/mol. The van der Waals surface area contributed by atoms with Gasteiger partial charge in [0.1, 0.15) is 0 Å². The van der Waals surface area contributed by atoms with Crippen LogP contribution in [0.1, 0.15) is 19.3 Å². The summed E-state index contributed by atoms with van der Waals surface area (Å²) in [5.74, 6) is 0.0991. The fraction of sp³-hybridized carbons (Fsp3) is 0.875. The van der Waals surface area contributed by atoms with Gasteiger partial charge in [-0.2, -0.15) is 0 Å². The third-order valence-corrected chi connectivity index (χ3v) is 3.15. The minimum Gasteiger partial charge on any atom is -0.351 e. The monoisotopic (exact) mass is 188 g/mol. The van der Waals surface area contributed by atoms with Gasteiger partial charge in [-0.05, 0) is 19.3 Å². The molecule has 1 aliphatic carbocycles. The van der Waals surface area contributed by atoms with Crippen LogP contribution in [0.4, 0.5) is 0 Å². The van der Waals surface area contributed by atoms with Crippen molar-refractivity contribution in [1.29, 1.82) is 0 Å². The number of halogens is 1. The molecule has 2 rings (SSSR count). The summed E-state index contributed by atoms with van der Waals surface area (Å²) in [6.07, 6.45) is 3.25. The number of piperazine rings is 1. The first kappa shape index (κ1) is 8.32. The summed E-state index contributed by atoms with van der Waals surface area (Å²) in [6, 6.07) is 0.556. The Hall–Kier alpha value is -0.280. The number of hydrogen-bond acceptors (Lipinski definition) is 2. The smallest absolute Gasteiger partial charge is 0.234 e. The Kier molecular flexibility index (Phi) is 2.24. The highest BCUT2D eigenvalue weighted by Crippen LogP contribution is 2.24. The van der Waals surface area contributed by atoms with Crippen molar-refractivity contribution in [2.24, 2.45) is 0 Å².